The number of anilines is 2. The van der Waals surface area contributed by atoms with Crippen LogP contribution in [0.5, 0.6) is 0 Å². The van der Waals surface area contributed by atoms with Crippen molar-refractivity contribution in [2.45, 2.75) is 24.9 Å². The van der Waals surface area contributed by atoms with Crippen LogP contribution < -0.4 is 10.6 Å². The Morgan fingerprint density at radius 1 is 1.17 bits per heavy atom. The number of benzene rings is 2. The van der Waals surface area contributed by atoms with E-state index >= 15 is 0 Å². The van der Waals surface area contributed by atoms with Crippen LogP contribution in [-0.4, -0.2) is 32.7 Å². The average molecular weight is 416 g/mol. The van der Waals surface area contributed by atoms with Crippen molar-refractivity contribution in [3.05, 3.63) is 53.6 Å². The van der Waals surface area contributed by atoms with E-state index in [4.69, 9.17) is 0 Å². The number of carbonyl (C=O) groups is 1. The predicted molar refractivity (Wildman–Crippen MR) is 104 cm³/mol. The van der Waals surface area contributed by atoms with E-state index in [-0.39, 0.29) is 5.91 Å². The molecule has 0 radical (unpaired) electrons. The molecule has 1 aliphatic rings. The molecular weight excluding hydrogens is 397 g/mol. The molecule has 156 valence electrons. The number of carbonyl (C=O) groups excluding carboxylic acids is 1. The number of nitrogens with one attached hydrogen (secondary N) is 2. The molecule has 0 aliphatic carbocycles. The predicted octanol–water partition coefficient (Wildman–Crippen LogP) is 3.42. The zero-order valence-electron chi connectivity index (χ0n) is 16.3. The number of nitrogens with zero attached hydrogens (tertiary/aromatic N) is 4. The smallest absolute Gasteiger partial charge is 0.355 e. The van der Waals surface area contributed by atoms with Gasteiger partial charge in [0.05, 0.1) is 18.0 Å². The first-order chi connectivity index (χ1) is 14.2. The molecule has 1 atom stereocenters. The number of aromatic nitrogens is 4. The minimum absolute atomic E-state index is 0.0518. The highest BCUT2D eigenvalue weighted by Gasteiger charge is 2.39. The Morgan fingerprint density at radius 3 is 2.47 bits per heavy atom. The molecule has 30 heavy (non-hydrogen) atoms. The van der Waals surface area contributed by atoms with Gasteiger partial charge in [0.15, 0.2) is 0 Å². The molecule has 2 aromatic carbocycles. The Balaban J connectivity index is 1.73. The maximum atomic E-state index is 12.8. The molecule has 3 aromatic rings. The van der Waals surface area contributed by atoms with Crippen LogP contribution in [0.1, 0.15) is 24.5 Å². The highest BCUT2D eigenvalue weighted by molar-refractivity contribution is 5.91. The summed E-state index contributed by atoms with van der Waals surface area (Å²) in [6.45, 7) is 2.47. The molecule has 2 N–H and O–H groups in total. The normalized spacial score (nSPS) is 19.0. The third kappa shape index (κ3) is 3.60. The lowest BCUT2D eigenvalue weighted by Crippen LogP contribution is -2.32. The third-order valence-corrected chi connectivity index (χ3v) is 5.31. The second-order valence-electron chi connectivity index (χ2n) is 7.40. The van der Waals surface area contributed by atoms with Gasteiger partial charge >= 0.3 is 6.18 Å². The molecule has 1 saturated heterocycles. The summed E-state index contributed by atoms with van der Waals surface area (Å²) in [6, 6.07) is 10.2. The highest BCUT2D eigenvalue weighted by Crippen LogP contribution is 2.37. The number of hydrogen-bond acceptors (Lipinski definition) is 5. The van der Waals surface area contributed by atoms with Gasteiger partial charge in [-0.15, -0.1) is 10.2 Å². The summed E-state index contributed by atoms with van der Waals surface area (Å²) in [5, 5.41) is 18.1. The van der Waals surface area contributed by atoms with Crippen LogP contribution in [-0.2, 0) is 23.4 Å². The Labute approximate surface area is 170 Å². The Bertz CT molecular complexity index is 1090. The van der Waals surface area contributed by atoms with Crippen molar-refractivity contribution in [3.8, 4) is 11.4 Å². The average Bonchev–Trinajstić information content (AvgIpc) is 3.28. The summed E-state index contributed by atoms with van der Waals surface area (Å²) in [6.07, 6.45) is -3.74. The van der Waals surface area contributed by atoms with Gasteiger partial charge in [0, 0.05) is 23.5 Å². The number of amides is 1. The molecule has 1 fully saturated rings. The molecule has 2 heterocycles. The lowest BCUT2D eigenvalue weighted by atomic mass is 9.80. The number of aryl methyl sites for hydroxylation is 1. The van der Waals surface area contributed by atoms with Crippen molar-refractivity contribution in [2.24, 2.45) is 7.05 Å². The van der Waals surface area contributed by atoms with Crippen molar-refractivity contribution in [1.82, 2.24) is 25.5 Å². The van der Waals surface area contributed by atoms with Gasteiger partial charge in [0.2, 0.25) is 11.7 Å². The minimum Gasteiger partial charge on any atom is -0.355 e. The van der Waals surface area contributed by atoms with Crippen LogP contribution in [0, 0.1) is 0 Å². The van der Waals surface area contributed by atoms with Gasteiger partial charge in [0.1, 0.15) is 0 Å². The van der Waals surface area contributed by atoms with Crippen molar-refractivity contribution in [2.75, 3.05) is 11.9 Å². The molecule has 1 aromatic heterocycles. The summed E-state index contributed by atoms with van der Waals surface area (Å²) in [7, 11) is 1.63. The first kappa shape index (κ1) is 19.9. The molecule has 10 heteroatoms. The fourth-order valence-electron chi connectivity index (χ4n) is 3.48. The standard InChI is InChI=1S/C20H19F3N6O/c1-19(9-10-24-18(19)30)13-5-8-16(15(11-13)17-26-28-29(2)27-17)25-14-6-3-12(4-7-14)20(21,22)23/h3-8,11,25H,9-10H2,1-2H3,(H,24,30). The van der Waals surface area contributed by atoms with Crippen LogP contribution in [0.4, 0.5) is 24.5 Å². The summed E-state index contributed by atoms with van der Waals surface area (Å²) in [5.41, 5.74) is 1.07. The largest absolute Gasteiger partial charge is 0.416 e. The zero-order valence-corrected chi connectivity index (χ0v) is 16.3. The Hall–Kier alpha value is -3.43. The van der Waals surface area contributed by atoms with E-state index in [2.05, 4.69) is 26.0 Å². The molecular formula is C20H19F3N6O. The maximum Gasteiger partial charge on any atom is 0.416 e. The van der Waals surface area contributed by atoms with Gasteiger partial charge in [-0.25, -0.2) is 0 Å². The van der Waals surface area contributed by atoms with E-state index in [9.17, 15) is 18.0 Å². The molecule has 0 spiro atoms. The molecule has 1 unspecified atom stereocenters. The van der Waals surface area contributed by atoms with E-state index in [0.717, 1.165) is 17.7 Å². The van der Waals surface area contributed by atoms with Crippen molar-refractivity contribution >= 4 is 17.3 Å². The second kappa shape index (κ2) is 7.12. The quantitative estimate of drug-likeness (QED) is 0.681. The lowest BCUT2D eigenvalue weighted by molar-refractivity contribution is -0.137. The first-order valence-corrected chi connectivity index (χ1v) is 9.28. The number of hydrogen-bond donors (Lipinski definition) is 2. The SMILES string of the molecule is Cn1nnc(-c2cc(C3(C)CCNC3=O)ccc2Nc2ccc(C(F)(F)F)cc2)n1. The van der Waals surface area contributed by atoms with Crippen molar-refractivity contribution < 1.29 is 18.0 Å². The topological polar surface area (TPSA) is 84.7 Å². The van der Waals surface area contributed by atoms with E-state index in [1.807, 2.05) is 19.1 Å². The van der Waals surface area contributed by atoms with E-state index < -0.39 is 17.2 Å². The number of alkyl halides is 3. The third-order valence-electron chi connectivity index (χ3n) is 5.31. The maximum absolute atomic E-state index is 12.8. The first-order valence-electron chi connectivity index (χ1n) is 9.28. The van der Waals surface area contributed by atoms with Crippen molar-refractivity contribution in [3.63, 3.8) is 0 Å². The molecule has 7 nitrogen and oxygen atoms in total. The van der Waals surface area contributed by atoms with Crippen LogP contribution in [0.3, 0.4) is 0 Å². The molecule has 1 amide bonds. The molecule has 0 bridgehead atoms. The summed E-state index contributed by atoms with van der Waals surface area (Å²) in [5.74, 6) is 0.291. The summed E-state index contributed by atoms with van der Waals surface area (Å²) >= 11 is 0. The molecule has 1 aliphatic heterocycles. The van der Waals surface area contributed by atoms with Crippen LogP contribution >= 0.6 is 0 Å². The van der Waals surface area contributed by atoms with Crippen LogP contribution in [0.25, 0.3) is 11.4 Å². The molecule has 0 saturated carbocycles. The minimum atomic E-state index is -4.40. The second-order valence-corrected chi connectivity index (χ2v) is 7.40. The van der Waals surface area contributed by atoms with Crippen molar-refractivity contribution in [1.29, 1.82) is 0 Å². The van der Waals surface area contributed by atoms with E-state index in [1.165, 1.54) is 16.9 Å². The fourth-order valence-corrected chi connectivity index (χ4v) is 3.48. The van der Waals surface area contributed by atoms with Crippen LogP contribution in [0.2, 0.25) is 0 Å². The van der Waals surface area contributed by atoms with Gasteiger partial charge < -0.3 is 10.6 Å². The number of tetrazole rings is 1. The van der Waals surface area contributed by atoms with E-state index in [1.54, 1.807) is 13.1 Å². The van der Waals surface area contributed by atoms with E-state index in [0.29, 0.717) is 35.7 Å². The zero-order chi connectivity index (χ0) is 21.5. The summed E-state index contributed by atoms with van der Waals surface area (Å²) < 4.78 is 38.4. The highest BCUT2D eigenvalue weighted by atomic mass is 19.4. The van der Waals surface area contributed by atoms with Gasteiger partial charge in [-0.1, -0.05) is 6.07 Å². The lowest BCUT2D eigenvalue weighted by Gasteiger charge is -2.22. The fraction of sp³-hybridized carbons (Fsp3) is 0.300. The molecule has 4 rings (SSSR count). The van der Waals surface area contributed by atoms with Gasteiger partial charge in [-0.3, -0.25) is 4.79 Å². The number of rotatable bonds is 4. The van der Waals surface area contributed by atoms with Gasteiger partial charge in [-0.05, 0) is 60.5 Å². The summed E-state index contributed by atoms with van der Waals surface area (Å²) in [4.78, 5) is 13.7. The number of halogens is 3. The van der Waals surface area contributed by atoms with Gasteiger partial charge in [-0.2, -0.15) is 18.0 Å². The Morgan fingerprint density at radius 2 is 1.90 bits per heavy atom. The van der Waals surface area contributed by atoms with Crippen LogP contribution in [0.15, 0.2) is 42.5 Å². The monoisotopic (exact) mass is 416 g/mol. The van der Waals surface area contributed by atoms with Gasteiger partial charge in [0.25, 0.3) is 0 Å². The Kier molecular flexibility index (Phi) is 4.71.